The van der Waals surface area contributed by atoms with Crippen LogP contribution in [0.5, 0.6) is 0 Å². The lowest BCUT2D eigenvalue weighted by Gasteiger charge is -2.28. The van der Waals surface area contributed by atoms with Crippen LogP contribution >= 0.6 is 0 Å². The smallest absolute Gasteiger partial charge is 0.345 e. The lowest BCUT2D eigenvalue weighted by molar-refractivity contribution is -0.169. The first kappa shape index (κ1) is 22.3. The van der Waals surface area contributed by atoms with Crippen molar-refractivity contribution in [2.45, 2.75) is 57.4 Å². The number of nitrogens with one attached hydrogen (secondary N) is 1. The summed E-state index contributed by atoms with van der Waals surface area (Å²) < 4.78 is 57.7. The van der Waals surface area contributed by atoms with Crippen molar-refractivity contribution in [2.24, 2.45) is 0 Å². The Hall–Kier alpha value is -3.55. The summed E-state index contributed by atoms with van der Waals surface area (Å²) in [6.45, 7) is -3.38. The molecule has 0 atom stereocenters. The minimum absolute atomic E-state index is 0.0103. The van der Waals surface area contributed by atoms with Crippen LogP contribution in [-0.4, -0.2) is 59.8 Å². The average Bonchev–Trinajstić information content (AvgIpc) is 3.39. The van der Waals surface area contributed by atoms with Crippen molar-refractivity contribution in [3.05, 3.63) is 24.4 Å². The molecule has 34 heavy (non-hydrogen) atoms. The van der Waals surface area contributed by atoms with E-state index in [1.807, 2.05) is 0 Å². The van der Waals surface area contributed by atoms with E-state index in [2.05, 4.69) is 35.4 Å². The molecule has 10 nitrogen and oxygen atoms in total. The number of alkyl halides is 4. The summed E-state index contributed by atoms with van der Waals surface area (Å²) in [6, 6.07) is 5.12. The Balaban J connectivity index is 1.38. The number of nitrogens with two attached hydrogens (primary N) is 1. The zero-order chi connectivity index (χ0) is 23.8. The second-order valence-corrected chi connectivity index (χ2v) is 8.06. The number of nitrogens with zero attached hydrogens (tertiary/aromatic N) is 7. The quantitative estimate of drug-likeness (QED) is 0.387. The number of aromatic nitrogens is 7. The zero-order valence-electron chi connectivity index (χ0n) is 17.8. The van der Waals surface area contributed by atoms with Crippen molar-refractivity contribution >= 4 is 28.4 Å². The van der Waals surface area contributed by atoms with Crippen LogP contribution in [-0.2, 0) is 11.3 Å². The maximum absolute atomic E-state index is 12.8. The second kappa shape index (κ2) is 9.00. The van der Waals surface area contributed by atoms with Crippen LogP contribution < -0.4 is 11.1 Å². The molecule has 0 aliphatic heterocycles. The molecule has 14 heteroatoms. The van der Waals surface area contributed by atoms with Gasteiger partial charge in [0.05, 0.1) is 11.8 Å². The lowest BCUT2D eigenvalue weighted by atomic mass is 9.93. The first-order valence-electron chi connectivity index (χ1n) is 10.7. The summed E-state index contributed by atoms with van der Waals surface area (Å²) in [5.41, 5.74) is 8.50. The molecule has 0 radical (unpaired) electrons. The number of halogens is 4. The summed E-state index contributed by atoms with van der Waals surface area (Å²) in [6.07, 6.45) is 0.960. The molecule has 4 heterocycles. The number of hydrogen-bond donors (Lipinski definition) is 2. The fourth-order valence-electron chi connectivity index (χ4n) is 4.25. The highest BCUT2D eigenvalue weighted by molar-refractivity contribution is 5.88. The molecular weight excluding hydrogens is 458 g/mol. The summed E-state index contributed by atoms with van der Waals surface area (Å²) in [5.74, 6) is 0.515. The molecule has 0 amide bonds. The van der Waals surface area contributed by atoms with Crippen molar-refractivity contribution in [1.29, 1.82) is 0 Å². The van der Waals surface area contributed by atoms with Gasteiger partial charge in [0.1, 0.15) is 17.6 Å². The highest BCUT2D eigenvalue weighted by atomic mass is 19.3. The predicted molar refractivity (Wildman–Crippen MR) is 114 cm³/mol. The molecule has 1 aliphatic rings. The van der Waals surface area contributed by atoms with Crippen molar-refractivity contribution in [1.82, 2.24) is 34.6 Å². The fraction of sp³-hybridized carbons (Fsp3) is 0.450. The molecule has 0 aromatic carbocycles. The zero-order valence-corrected chi connectivity index (χ0v) is 17.8. The van der Waals surface area contributed by atoms with Crippen molar-refractivity contribution in [2.75, 3.05) is 11.1 Å². The van der Waals surface area contributed by atoms with Gasteiger partial charge < -0.3 is 15.8 Å². The van der Waals surface area contributed by atoms with Gasteiger partial charge in [-0.05, 0) is 43.9 Å². The van der Waals surface area contributed by atoms with Gasteiger partial charge in [-0.1, -0.05) is 5.21 Å². The maximum Gasteiger partial charge on any atom is 0.345 e. The summed E-state index contributed by atoms with van der Waals surface area (Å²) in [5, 5.41) is 15.3. The van der Waals surface area contributed by atoms with Gasteiger partial charge in [-0.15, -0.1) is 10.2 Å². The monoisotopic (exact) mass is 479 g/mol. The molecule has 1 fully saturated rings. The summed E-state index contributed by atoms with van der Waals surface area (Å²) in [4.78, 5) is 8.82. The summed E-state index contributed by atoms with van der Waals surface area (Å²) >= 11 is 0. The number of hydrogen-bond acceptors (Lipinski definition) is 8. The molecule has 1 saturated carbocycles. The SMILES string of the molecule is Nc1nc(NC2CCC(OC(F)F)CC2)nn2ccc(-c3ccc4nnn(CC(F)F)c4n3)c12. The average molecular weight is 479 g/mol. The van der Waals surface area contributed by atoms with Gasteiger partial charge in [0.25, 0.3) is 6.43 Å². The Labute approximate surface area is 190 Å². The van der Waals surface area contributed by atoms with Crippen LogP contribution in [0.1, 0.15) is 25.7 Å². The third-order valence-electron chi connectivity index (χ3n) is 5.79. The van der Waals surface area contributed by atoms with Gasteiger partial charge in [-0.25, -0.2) is 23.0 Å². The van der Waals surface area contributed by atoms with Crippen molar-refractivity contribution in [3.63, 3.8) is 0 Å². The summed E-state index contributed by atoms with van der Waals surface area (Å²) in [7, 11) is 0. The minimum Gasteiger partial charge on any atom is -0.382 e. The van der Waals surface area contributed by atoms with E-state index in [9.17, 15) is 17.6 Å². The van der Waals surface area contributed by atoms with Gasteiger partial charge in [0.15, 0.2) is 11.5 Å². The van der Waals surface area contributed by atoms with Crippen LogP contribution in [0.4, 0.5) is 29.3 Å². The first-order valence-corrected chi connectivity index (χ1v) is 10.7. The molecule has 180 valence electrons. The Morgan fingerprint density at radius 1 is 1.09 bits per heavy atom. The highest BCUT2D eigenvalue weighted by Gasteiger charge is 2.25. The van der Waals surface area contributed by atoms with Gasteiger partial charge in [-0.3, -0.25) is 0 Å². The van der Waals surface area contributed by atoms with E-state index in [-0.39, 0.29) is 17.5 Å². The largest absolute Gasteiger partial charge is 0.382 e. The van der Waals surface area contributed by atoms with Crippen molar-refractivity contribution in [3.8, 4) is 11.3 Å². The maximum atomic E-state index is 12.8. The Bertz CT molecular complexity index is 1300. The molecule has 0 saturated heterocycles. The molecular formula is C20H21F4N9O. The molecule has 0 unspecified atom stereocenters. The Kier molecular flexibility index (Phi) is 5.89. The predicted octanol–water partition coefficient (Wildman–Crippen LogP) is 3.35. The van der Waals surface area contributed by atoms with E-state index in [1.165, 1.54) is 0 Å². The van der Waals surface area contributed by atoms with Crippen LogP contribution in [0.3, 0.4) is 0 Å². The first-order chi connectivity index (χ1) is 16.4. The molecule has 0 spiro atoms. The topological polar surface area (TPSA) is 121 Å². The number of rotatable bonds is 7. The normalized spacial score (nSPS) is 19.0. The molecule has 0 bridgehead atoms. The molecule has 3 N–H and O–H groups in total. The highest BCUT2D eigenvalue weighted by Crippen LogP contribution is 2.30. The molecule has 5 rings (SSSR count). The lowest BCUT2D eigenvalue weighted by Crippen LogP contribution is -2.31. The number of anilines is 2. The third-order valence-corrected chi connectivity index (χ3v) is 5.79. The van der Waals surface area contributed by atoms with Crippen LogP contribution in [0, 0.1) is 0 Å². The number of fused-ring (bicyclic) bond motifs is 2. The van der Waals surface area contributed by atoms with Crippen LogP contribution in [0.15, 0.2) is 24.4 Å². The van der Waals surface area contributed by atoms with Crippen LogP contribution in [0.2, 0.25) is 0 Å². The van der Waals surface area contributed by atoms with Crippen LogP contribution in [0.25, 0.3) is 27.9 Å². The number of nitrogen functional groups attached to an aromatic ring is 1. The Morgan fingerprint density at radius 3 is 2.62 bits per heavy atom. The van der Waals surface area contributed by atoms with E-state index in [4.69, 9.17) is 5.73 Å². The van der Waals surface area contributed by atoms with E-state index in [1.54, 1.807) is 28.9 Å². The third kappa shape index (κ3) is 4.44. The van der Waals surface area contributed by atoms with Gasteiger partial charge in [0.2, 0.25) is 5.95 Å². The second-order valence-electron chi connectivity index (χ2n) is 8.06. The van der Waals surface area contributed by atoms with Crippen molar-refractivity contribution < 1.29 is 22.3 Å². The van der Waals surface area contributed by atoms with E-state index in [0.29, 0.717) is 53.9 Å². The Morgan fingerprint density at radius 2 is 1.88 bits per heavy atom. The molecule has 4 aromatic rings. The van der Waals surface area contributed by atoms with E-state index >= 15 is 0 Å². The minimum atomic E-state index is -2.76. The van der Waals surface area contributed by atoms with E-state index < -0.39 is 25.7 Å². The molecule has 4 aromatic heterocycles. The number of ether oxygens (including phenoxy) is 1. The van der Waals surface area contributed by atoms with Gasteiger partial charge in [0, 0.05) is 17.8 Å². The van der Waals surface area contributed by atoms with E-state index in [0.717, 1.165) is 4.68 Å². The fourth-order valence-corrected chi connectivity index (χ4v) is 4.25. The van der Waals surface area contributed by atoms with Gasteiger partial charge >= 0.3 is 6.61 Å². The van der Waals surface area contributed by atoms with Gasteiger partial charge in [-0.2, -0.15) is 13.8 Å². The molecule has 1 aliphatic carbocycles. The standard InChI is InChI=1S/C20H21F4N9O/c21-15(22)9-33-18-14(29-31-33)6-5-13(27-18)12-7-8-32-16(12)17(25)28-20(30-32)26-10-1-3-11(4-2-10)34-19(23)24/h5-8,10-11,15,19H,1-4,9H2,(H3,25,26,28,30). The number of pyridine rings is 1.